The van der Waals surface area contributed by atoms with Crippen LogP contribution in [0.4, 0.5) is 0 Å². The summed E-state index contributed by atoms with van der Waals surface area (Å²) >= 11 is 1.79. The van der Waals surface area contributed by atoms with Gasteiger partial charge in [0.25, 0.3) is 0 Å². The molecule has 0 saturated carbocycles. The summed E-state index contributed by atoms with van der Waals surface area (Å²) in [4.78, 5) is 11.6. The second kappa shape index (κ2) is 7.74. The Hall–Kier alpha value is -0.480. The predicted octanol–water partition coefficient (Wildman–Crippen LogP) is 1.55. The van der Waals surface area contributed by atoms with Gasteiger partial charge in [0.2, 0.25) is 5.91 Å². The van der Waals surface area contributed by atoms with Crippen LogP contribution in [-0.4, -0.2) is 36.0 Å². The van der Waals surface area contributed by atoms with E-state index < -0.39 is 0 Å². The molecule has 1 saturated heterocycles. The molecule has 0 aromatic heterocycles. The van der Waals surface area contributed by atoms with Gasteiger partial charge in [-0.05, 0) is 39.3 Å². The van der Waals surface area contributed by atoms with Crippen LogP contribution in [-0.2, 0) is 4.79 Å². The molecule has 1 aliphatic heterocycles. The van der Waals surface area contributed by atoms with Crippen LogP contribution in [0.5, 0.6) is 0 Å². The van der Waals surface area contributed by atoms with Gasteiger partial charge in [-0.3, -0.25) is 4.79 Å². The summed E-state index contributed by atoms with van der Waals surface area (Å²) in [5.74, 6) is 0.740. The van der Waals surface area contributed by atoms with Gasteiger partial charge >= 0.3 is 0 Å². The van der Waals surface area contributed by atoms with Crippen molar-refractivity contribution in [2.24, 2.45) is 0 Å². The van der Waals surface area contributed by atoms with Crippen LogP contribution in [0.15, 0.2) is 12.7 Å². The number of rotatable bonds is 6. The molecule has 1 heterocycles. The van der Waals surface area contributed by atoms with Gasteiger partial charge in [-0.1, -0.05) is 6.08 Å². The topological polar surface area (TPSA) is 41.1 Å². The molecule has 1 aliphatic rings. The van der Waals surface area contributed by atoms with Crippen LogP contribution in [0.2, 0.25) is 0 Å². The maximum Gasteiger partial charge on any atom is 0.230 e. The fourth-order valence-corrected chi connectivity index (χ4v) is 2.82. The van der Waals surface area contributed by atoms with Crippen molar-refractivity contribution in [3.63, 3.8) is 0 Å². The normalized spacial score (nSPS) is 19.1. The van der Waals surface area contributed by atoms with Gasteiger partial charge in [0, 0.05) is 11.3 Å². The Morgan fingerprint density at radius 1 is 1.62 bits per heavy atom. The van der Waals surface area contributed by atoms with E-state index in [4.69, 9.17) is 0 Å². The minimum absolute atomic E-state index is 0.151. The maximum absolute atomic E-state index is 11.6. The van der Waals surface area contributed by atoms with E-state index in [1.165, 1.54) is 12.8 Å². The fraction of sp³-hybridized carbons (Fsp3) is 0.750. The van der Waals surface area contributed by atoms with Gasteiger partial charge in [-0.2, -0.15) is 0 Å². The average Bonchev–Trinajstić information content (AvgIpc) is 2.28. The summed E-state index contributed by atoms with van der Waals surface area (Å²) in [7, 11) is 0. The Morgan fingerprint density at radius 2 is 2.31 bits per heavy atom. The van der Waals surface area contributed by atoms with Crippen LogP contribution >= 0.6 is 11.8 Å². The summed E-state index contributed by atoms with van der Waals surface area (Å²) in [6.45, 7) is 7.85. The molecule has 4 heteroatoms. The lowest BCUT2D eigenvalue weighted by Gasteiger charge is -2.22. The molecule has 92 valence electrons. The molecule has 0 aliphatic carbocycles. The van der Waals surface area contributed by atoms with Gasteiger partial charge in [0.15, 0.2) is 0 Å². The smallest absolute Gasteiger partial charge is 0.230 e. The van der Waals surface area contributed by atoms with Crippen molar-refractivity contribution in [3.05, 3.63) is 12.7 Å². The van der Waals surface area contributed by atoms with Gasteiger partial charge < -0.3 is 10.6 Å². The van der Waals surface area contributed by atoms with Crippen molar-refractivity contribution in [2.45, 2.75) is 37.5 Å². The van der Waals surface area contributed by atoms with Crippen LogP contribution < -0.4 is 10.6 Å². The molecular formula is C12H22N2OS. The summed E-state index contributed by atoms with van der Waals surface area (Å²) in [6, 6.07) is 0.207. The van der Waals surface area contributed by atoms with E-state index in [0.717, 1.165) is 19.5 Å². The first kappa shape index (κ1) is 13.6. The Morgan fingerprint density at radius 3 is 2.94 bits per heavy atom. The lowest BCUT2D eigenvalue weighted by Crippen LogP contribution is -2.35. The highest BCUT2D eigenvalue weighted by molar-refractivity contribution is 8.00. The zero-order chi connectivity index (χ0) is 11.8. The minimum atomic E-state index is 0.151. The Labute approximate surface area is 102 Å². The van der Waals surface area contributed by atoms with Gasteiger partial charge in [0.05, 0.1) is 5.75 Å². The highest BCUT2D eigenvalue weighted by atomic mass is 32.2. The van der Waals surface area contributed by atoms with Crippen molar-refractivity contribution in [1.29, 1.82) is 0 Å². The van der Waals surface area contributed by atoms with Crippen molar-refractivity contribution < 1.29 is 4.79 Å². The Kier molecular flexibility index (Phi) is 6.57. The van der Waals surface area contributed by atoms with Gasteiger partial charge in [0.1, 0.15) is 0 Å². The van der Waals surface area contributed by atoms with E-state index in [1.54, 1.807) is 11.8 Å². The molecule has 16 heavy (non-hydrogen) atoms. The summed E-state index contributed by atoms with van der Waals surface area (Å²) in [5, 5.41) is 6.95. The molecular weight excluding hydrogens is 220 g/mol. The van der Waals surface area contributed by atoms with E-state index in [9.17, 15) is 4.79 Å². The molecule has 0 spiro atoms. The number of nitrogens with one attached hydrogen (secondary N) is 2. The quantitative estimate of drug-likeness (QED) is 0.694. The number of thioether (sulfide) groups is 1. The van der Waals surface area contributed by atoms with Crippen molar-refractivity contribution in [3.8, 4) is 0 Å². The number of hydrogen-bond acceptors (Lipinski definition) is 3. The largest absolute Gasteiger partial charge is 0.353 e. The predicted molar refractivity (Wildman–Crippen MR) is 70.8 cm³/mol. The molecule has 1 atom stereocenters. The second-order valence-corrected chi connectivity index (χ2v) is 5.54. The standard InChI is InChI=1S/C12H22N2OS/c1-3-4-10(2)14-12(15)9-16-11-5-7-13-8-6-11/h3,10-11,13H,1,4-9H2,2H3,(H,14,15). The summed E-state index contributed by atoms with van der Waals surface area (Å²) in [5.41, 5.74) is 0. The van der Waals surface area contributed by atoms with Crippen LogP contribution in [0.25, 0.3) is 0 Å². The molecule has 0 bridgehead atoms. The number of hydrogen-bond donors (Lipinski definition) is 2. The van der Waals surface area contributed by atoms with Gasteiger partial charge in [-0.25, -0.2) is 0 Å². The highest BCUT2D eigenvalue weighted by Gasteiger charge is 2.15. The number of carbonyl (C=O) groups is 1. The van der Waals surface area contributed by atoms with Crippen LogP contribution in [0.1, 0.15) is 26.2 Å². The molecule has 1 amide bonds. The first-order chi connectivity index (χ1) is 7.72. The zero-order valence-corrected chi connectivity index (χ0v) is 10.8. The van der Waals surface area contributed by atoms with E-state index in [0.29, 0.717) is 11.0 Å². The first-order valence-corrected chi connectivity index (χ1v) is 7.00. The molecule has 0 aromatic carbocycles. The number of carbonyl (C=O) groups excluding carboxylic acids is 1. The lowest BCUT2D eigenvalue weighted by atomic mass is 10.2. The van der Waals surface area contributed by atoms with Gasteiger partial charge in [-0.15, -0.1) is 18.3 Å². The van der Waals surface area contributed by atoms with E-state index >= 15 is 0 Å². The Balaban J connectivity index is 2.11. The number of piperidine rings is 1. The SMILES string of the molecule is C=CCC(C)NC(=O)CSC1CCNCC1. The Bertz CT molecular complexity index is 227. The monoisotopic (exact) mass is 242 g/mol. The molecule has 0 radical (unpaired) electrons. The molecule has 1 unspecified atom stereocenters. The maximum atomic E-state index is 11.6. The average molecular weight is 242 g/mol. The van der Waals surface area contributed by atoms with Crippen molar-refractivity contribution >= 4 is 17.7 Å². The van der Waals surface area contributed by atoms with Crippen molar-refractivity contribution in [1.82, 2.24) is 10.6 Å². The van der Waals surface area contributed by atoms with Crippen LogP contribution in [0, 0.1) is 0 Å². The third kappa shape index (κ3) is 5.56. The molecule has 0 aromatic rings. The minimum Gasteiger partial charge on any atom is -0.353 e. The highest BCUT2D eigenvalue weighted by Crippen LogP contribution is 2.19. The van der Waals surface area contributed by atoms with E-state index in [-0.39, 0.29) is 11.9 Å². The van der Waals surface area contributed by atoms with E-state index in [2.05, 4.69) is 17.2 Å². The fourth-order valence-electron chi connectivity index (χ4n) is 1.78. The third-order valence-electron chi connectivity index (χ3n) is 2.66. The van der Waals surface area contributed by atoms with Crippen LogP contribution in [0.3, 0.4) is 0 Å². The van der Waals surface area contributed by atoms with Crippen molar-refractivity contribution in [2.75, 3.05) is 18.8 Å². The second-order valence-electron chi connectivity index (χ2n) is 4.25. The zero-order valence-electron chi connectivity index (χ0n) is 10.00. The molecule has 3 nitrogen and oxygen atoms in total. The first-order valence-electron chi connectivity index (χ1n) is 5.95. The summed E-state index contributed by atoms with van der Waals surface area (Å²) < 4.78 is 0. The molecule has 1 rings (SSSR count). The lowest BCUT2D eigenvalue weighted by molar-refractivity contribution is -0.119. The molecule has 1 fully saturated rings. The van der Waals surface area contributed by atoms with E-state index in [1.807, 2.05) is 13.0 Å². The summed E-state index contributed by atoms with van der Waals surface area (Å²) in [6.07, 6.45) is 5.04. The third-order valence-corrected chi connectivity index (χ3v) is 4.04. The molecule has 2 N–H and O–H groups in total. The number of amides is 1.